The Morgan fingerprint density at radius 2 is 2.04 bits per heavy atom. The zero-order valence-corrected chi connectivity index (χ0v) is 12.9. The van der Waals surface area contributed by atoms with Crippen molar-refractivity contribution in [2.75, 3.05) is 5.32 Å². The van der Waals surface area contributed by atoms with Crippen molar-refractivity contribution >= 4 is 17.6 Å². The highest BCUT2D eigenvalue weighted by Crippen LogP contribution is 2.29. The summed E-state index contributed by atoms with van der Waals surface area (Å²) in [5.74, 6) is 0.664. The van der Waals surface area contributed by atoms with E-state index in [0.717, 1.165) is 18.4 Å². The molecule has 0 unspecified atom stereocenters. The van der Waals surface area contributed by atoms with Crippen LogP contribution >= 0.6 is 0 Å². The molecule has 23 heavy (non-hydrogen) atoms. The van der Waals surface area contributed by atoms with E-state index in [1.807, 2.05) is 30.3 Å². The van der Waals surface area contributed by atoms with E-state index >= 15 is 0 Å². The Labute approximate surface area is 134 Å². The van der Waals surface area contributed by atoms with Gasteiger partial charge in [-0.1, -0.05) is 35.5 Å². The van der Waals surface area contributed by atoms with Gasteiger partial charge in [0, 0.05) is 18.4 Å². The molecule has 0 aliphatic heterocycles. The zero-order chi connectivity index (χ0) is 16.2. The van der Waals surface area contributed by atoms with E-state index in [2.05, 4.69) is 15.8 Å². The Morgan fingerprint density at radius 1 is 1.30 bits per heavy atom. The normalized spacial score (nSPS) is 15.0. The number of benzene rings is 1. The molecule has 3 rings (SSSR count). The lowest BCUT2D eigenvalue weighted by atomic mass is 10.0. The monoisotopic (exact) mass is 313 g/mol. The van der Waals surface area contributed by atoms with Gasteiger partial charge >= 0.3 is 0 Å². The SMILES string of the molecule is Cc1cc(NC(=O)[C@H](Cc2ccccc2)NC(=O)C2CC2)no1. The van der Waals surface area contributed by atoms with E-state index in [9.17, 15) is 9.59 Å². The first-order chi connectivity index (χ1) is 11.1. The predicted molar refractivity (Wildman–Crippen MR) is 84.7 cm³/mol. The topological polar surface area (TPSA) is 84.2 Å². The lowest BCUT2D eigenvalue weighted by molar-refractivity contribution is -0.127. The first-order valence-electron chi connectivity index (χ1n) is 7.70. The van der Waals surface area contributed by atoms with Crippen molar-refractivity contribution in [2.24, 2.45) is 5.92 Å². The van der Waals surface area contributed by atoms with E-state index in [0.29, 0.717) is 18.0 Å². The second kappa shape index (κ2) is 6.64. The molecule has 0 saturated heterocycles. The molecule has 120 valence electrons. The maximum atomic E-state index is 12.5. The van der Waals surface area contributed by atoms with Crippen LogP contribution in [0.2, 0.25) is 0 Å². The number of hydrogen-bond acceptors (Lipinski definition) is 4. The van der Waals surface area contributed by atoms with Crippen LogP contribution in [0, 0.1) is 12.8 Å². The standard InChI is InChI=1S/C17H19N3O3/c1-11-9-15(20-23-11)19-17(22)14(18-16(21)13-7-8-13)10-12-5-3-2-4-6-12/h2-6,9,13-14H,7-8,10H2,1H3,(H,18,21)(H,19,20,22)/t14-/m0/s1. The first kappa shape index (κ1) is 15.3. The fourth-order valence-electron chi connectivity index (χ4n) is 2.33. The smallest absolute Gasteiger partial charge is 0.248 e. The number of carbonyl (C=O) groups is 2. The molecule has 2 N–H and O–H groups in total. The minimum Gasteiger partial charge on any atom is -0.360 e. The van der Waals surface area contributed by atoms with Crippen LogP contribution in [0.15, 0.2) is 40.9 Å². The second-order valence-electron chi connectivity index (χ2n) is 5.84. The van der Waals surface area contributed by atoms with Crippen LogP contribution in [0.5, 0.6) is 0 Å². The summed E-state index contributed by atoms with van der Waals surface area (Å²) in [6, 6.07) is 10.6. The Bertz CT molecular complexity index is 692. The molecular weight excluding hydrogens is 294 g/mol. The maximum absolute atomic E-state index is 12.5. The van der Waals surface area contributed by atoms with E-state index in [4.69, 9.17) is 4.52 Å². The van der Waals surface area contributed by atoms with E-state index in [1.54, 1.807) is 13.0 Å². The molecule has 0 bridgehead atoms. The molecular formula is C17H19N3O3. The van der Waals surface area contributed by atoms with Gasteiger partial charge in [-0.3, -0.25) is 9.59 Å². The van der Waals surface area contributed by atoms with E-state index in [1.165, 1.54) is 0 Å². The molecule has 1 aromatic carbocycles. The average Bonchev–Trinajstić information content (AvgIpc) is 3.31. The zero-order valence-electron chi connectivity index (χ0n) is 12.9. The van der Waals surface area contributed by atoms with Crippen LogP contribution < -0.4 is 10.6 Å². The van der Waals surface area contributed by atoms with Gasteiger partial charge in [0.1, 0.15) is 11.8 Å². The molecule has 1 heterocycles. The Hall–Kier alpha value is -2.63. The van der Waals surface area contributed by atoms with Crippen molar-refractivity contribution < 1.29 is 14.1 Å². The van der Waals surface area contributed by atoms with Gasteiger partial charge in [0.25, 0.3) is 0 Å². The Morgan fingerprint density at radius 3 is 2.65 bits per heavy atom. The molecule has 6 heteroatoms. The molecule has 0 radical (unpaired) electrons. The number of rotatable bonds is 6. The Kier molecular flexibility index (Phi) is 4.41. The predicted octanol–water partition coefficient (Wildman–Crippen LogP) is 2.06. The summed E-state index contributed by atoms with van der Waals surface area (Å²) in [6.45, 7) is 1.75. The third-order valence-corrected chi connectivity index (χ3v) is 3.74. The number of carbonyl (C=O) groups excluding carboxylic acids is 2. The fourth-order valence-corrected chi connectivity index (χ4v) is 2.33. The number of nitrogens with one attached hydrogen (secondary N) is 2. The molecule has 1 saturated carbocycles. The molecule has 1 aliphatic carbocycles. The molecule has 2 aromatic rings. The van der Waals surface area contributed by atoms with Gasteiger partial charge in [0.2, 0.25) is 11.8 Å². The molecule has 0 spiro atoms. The van der Waals surface area contributed by atoms with Crippen LogP contribution in [0.1, 0.15) is 24.2 Å². The van der Waals surface area contributed by atoms with Gasteiger partial charge in [0.15, 0.2) is 5.82 Å². The van der Waals surface area contributed by atoms with Gasteiger partial charge in [-0.15, -0.1) is 0 Å². The molecule has 1 aromatic heterocycles. The lowest BCUT2D eigenvalue weighted by Crippen LogP contribution is -2.45. The maximum Gasteiger partial charge on any atom is 0.248 e. The van der Waals surface area contributed by atoms with Crippen LogP contribution in [0.25, 0.3) is 0 Å². The van der Waals surface area contributed by atoms with Crippen molar-refractivity contribution in [3.8, 4) is 0 Å². The van der Waals surface area contributed by atoms with Crippen molar-refractivity contribution in [3.63, 3.8) is 0 Å². The number of aromatic nitrogens is 1. The van der Waals surface area contributed by atoms with Crippen LogP contribution in [-0.4, -0.2) is 23.0 Å². The summed E-state index contributed by atoms with van der Waals surface area (Å²) in [4.78, 5) is 24.5. The number of aryl methyl sites for hydroxylation is 1. The van der Waals surface area contributed by atoms with Crippen LogP contribution in [-0.2, 0) is 16.0 Å². The minimum absolute atomic E-state index is 0.0513. The summed E-state index contributed by atoms with van der Waals surface area (Å²) in [5.41, 5.74) is 0.986. The van der Waals surface area contributed by atoms with Crippen molar-refractivity contribution in [1.29, 1.82) is 0 Å². The quantitative estimate of drug-likeness (QED) is 0.855. The number of hydrogen-bond donors (Lipinski definition) is 2. The van der Waals surface area contributed by atoms with Gasteiger partial charge < -0.3 is 15.2 Å². The van der Waals surface area contributed by atoms with Crippen LogP contribution in [0.4, 0.5) is 5.82 Å². The fraction of sp³-hybridized carbons (Fsp3) is 0.353. The number of anilines is 1. The van der Waals surface area contributed by atoms with E-state index in [-0.39, 0.29) is 17.7 Å². The minimum atomic E-state index is -0.637. The summed E-state index contributed by atoms with van der Waals surface area (Å²) >= 11 is 0. The van der Waals surface area contributed by atoms with Gasteiger partial charge in [-0.2, -0.15) is 0 Å². The highest BCUT2D eigenvalue weighted by atomic mass is 16.5. The molecule has 1 fully saturated rings. The summed E-state index contributed by atoms with van der Waals surface area (Å²) in [7, 11) is 0. The number of nitrogens with zero attached hydrogens (tertiary/aromatic N) is 1. The van der Waals surface area contributed by atoms with Crippen LogP contribution in [0.3, 0.4) is 0 Å². The summed E-state index contributed by atoms with van der Waals surface area (Å²) in [6.07, 6.45) is 2.23. The van der Waals surface area contributed by atoms with Gasteiger partial charge in [-0.25, -0.2) is 0 Å². The second-order valence-corrected chi connectivity index (χ2v) is 5.84. The van der Waals surface area contributed by atoms with Crippen molar-refractivity contribution in [3.05, 3.63) is 47.7 Å². The summed E-state index contributed by atoms with van der Waals surface area (Å²) in [5, 5.41) is 9.29. The third kappa shape index (κ3) is 4.18. The first-order valence-corrected chi connectivity index (χ1v) is 7.70. The molecule has 6 nitrogen and oxygen atoms in total. The van der Waals surface area contributed by atoms with Crippen molar-refractivity contribution in [1.82, 2.24) is 10.5 Å². The highest BCUT2D eigenvalue weighted by Gasteiger charge is 2.32. The molecule has 1 atom stereocenters. The average molecular weight is 313 g/mol. The van der Waals surface area contributed by atoms with Gasteiger partial charge in [0.05, 0.1) is 0 Å². The van der Waals surface area contributed by atoms with Crippen molar-refractivity contribution in [2.45, 2.75) is 32.2 Å². The summed E-state index contributed by atoms with van der Waals surface area (Å²) < 4.78 is 4.94. The Balaban J connectivity index is 1.70. The number of amides is 2. The van der Waals surface area contributed by atoms with Gasteiger partial charge in [-0.05, 0) is 25.3 Å². The third-order valence-electron chi connectivity index (χ3n) is 3.74. The highest BCUT2D eigenvalue weighted by molar-refractivity contribution is 5.97. The lowest BCUT2D eigenvalue weighted by Gasteiger charge is -2.17. The van der Waals surface area contributed by atoms with E-state index < -0.39 is 6.04 Å². The largest absolute Gasteiger partial charge is 0.360 e. The molecule has 1 aliphatic rings. The molecule has 2 amide bonds.